The quantitative estimate of drug-likeness (QED) is 0.268. The largest absolute Gasteiger partial charge is 0.390 e. The van der Waals surface area contributed by atoms with Gasteiger partial charge in [0.25, 0.3) is 0 Å². The number of unbranched alkanes of at least 4 members (excludes halogenated alkanes) is 2. The molecule has 4 nitrogen and oxygen atoms in total. The fraction of sp³-hybridized carbons (Fsp3) is 0.423. The van der Waals surface area contributed by atoms with Crippen LogP contribution in [0.3, 0.4) is 0 Å². The van der Waals surface area contributed by atoms with Crippen molar-refractivity contribution < 1.29 is 9.90 Å². The van der Waals surface area contributed by atoms with E-state index in [0.717, 1.165) is 47.3 Å². The van der Waals surface area contributed by atoms with Gasteiger partial charge in [0.15, 0.2) is 5.78 Å². The minimum Gasteiger partial charge on any atom is -0.390 e. The van der Waals surface area contributed by atoms with Crippen molar-refractivity contribution in [3.8, 4) is 0 Å². The van der Waals surface area contributed by atoms with E-state index in [4.69, 9.17) is 0 Å². The van der Waals surface area contributed by atoms with E-state index in [9.17, 15) is 9.90 Å². The summed E-state index contributed by atoms with van der Waals surface area (Å²) in [4.78, 5) is 15.5. The SMILES string of the molecule is CCCCN(CCCC)C[C@@H](O)Cn1cc(/C=C\C(=O)c2cccs2)c2ccccc21. The van der Waals surface area contributed by atoms with Crippen molar-refractivity contribution in [2.75, 3.05) is 19.6 Å². The predicted octanol–water partition coefficient (Wildman–Crippen LogP) is 5.86. The molecule has 0 radical (unpaired) electrons. The monoisotopic (exact) mass is 438 g/mol. The highest BCUT2D eigenvalue weighted by Crippen LogP contribution is 2.23. The van der Waals surface area contributed by atoms with Gasteiger partial charge in [-0.1, -0.05) is 51.0 Å². The van der Waals surface area contributed by atoms with Crippen molar-refractivity contribution in [2.45, 2.75) is 52.2 Å². The number of thiophene rings is 1. The molecule has 0 saturated heterocycles. The van der Waals surface area contributed by atoms with Crippen LogP contribution in [0.5, 0.6) is 0 Å². The fourth-order valence-electron chi connectivity index (χ4n) is 3.87. The molecule has 2 aromatic heterocycles. The van der Waals surface area contributed by atoms with Gasteiger partial charge >= 0.3 is 0 Å². The Morgan fingerprint density at radius 3 is 2.55 bits per heavy atom. The van der Waals surface area contributed by atoms with E-state index in [2.05, 4.69) is 41.6 Å². The molecule has 0 aliphatic carbocycles. The second-order valence-electron chi connectivity index (χ2n) is 8.09. The number of ketones is 1. The van der Waals surface area contributed by atoms with Crippen LogP contribution in [-0.2, 0) is 6.54 Å². The van der Waals surface area contributed by atoms with Crippen molar-refractivity contribution in [3.05, 3.63) is 64.5 Å². The number of carbonyl (C=O) groups excluding carboxylic acids is 1. The number of benzene rings is 1. The van der Waals surface area contributed by atoms with Gasteiger partial charge in [-0.25, -0.2) is 0 Å². The first-order chi connectivity index (χ1) is 15.1. The molecule has 0 spiro atoms. The predicted molar refractivity (Wildman–Crippen MR) is 132 cm³/mol. The van der Waals surface area contributed by atoms with Gasteiger partial charge in [-0.15, -0.1) is 11.3 Å². The Morgan fingerprint density at radius 1 is 1.13 bits per heavy atom. The zero-order valence-electron chi connectivity index (χ0n) is 18.7. The lowest BCUT2D eigenvalue weighted by molar-refractivity contribution is 0.0973. The zero-order valence-corrected chi connectivity index (χ0v) is 19.5. The third-order valence-electron chi connectivity index (χ3n) is 5.53. The number of rotatable bonds is 13. The number of carbonyl (C=O) groups is 1. The van der Waals surface area contributed by atoms with Crippen molar-refractivity contribution in [3.63, 3.8) is 0 Å². The number of hydrogen-bond donors (Lipinski definition) is 1. The van der Waals surface area contributed by atoms with Gasteiger partial charge in [0.2, 0.25) is 0 Å². The average molecular weight is 439 g/mol. The van der Waals surface area contributed by atoms with Crippen LogP contribution in [0.2, 0.25) is 0 Å². The summed E-state index contributed by atoms with van der Waals surface area (Å²) in [5.41, 5.74) is 2.08. The summed E-state index contributed by atoms with van der Waals surface area (Å²) in [6.45, 7) is 7.73. The molecule has 1 aromatic carbocycles. The molecule has 0 aliphatic rings. The van der Waals surface area contributed by atoms with Crippen LogP contribution in [0.1, 0.15) is 54.8 Å². The van der Waals surface area contributed by atoms with Gasteiger partial charge in [-0.2, -0.15) is 0 Å². The van der Waals surface area contributed by atoms with E-state index in [1.54, 1.807) is 6.08 Å². The Hall–Kier alpha value is -2.21. The molecule has 31 heavy (non-hydrogen) atoms. The fourth-order valence-corrected chi connectivity index (χ4v) is 4.51. The second-order valence-corrected chi connectivity index (χ2v) is 9.04. The molecular formula is C26H34N2O2S. The Bertz CT molecular complexity index is 967. The van der Waals surface area contributed by atoms with Gasteiger partial charge < -0.3 is 14.6 Å². The third-order valence-corrected chi connectivity index (χ3v) is 6.41. The van der Waals surface area contributed by atoms with E-state index in [1.807, 2.05) is 35.7 Å². The Labute approximate surface area is 189 Å². The van der Waals surface area contributed by atoms with Crippen molar-refractivity contribution >= 4 is 34.1 Å². The number of fused-ring (bicyclic) bond motifs is 1. The van der Waals surface area contributed by atoms with Gasteiger partial charge in [0.1, 0.15) is 0 Å². The highest BCUT2D eigenvalue weighted by atomic mass is 32.1. The van der Waals surface area contributed by atoms with Crippen LogP contribution in [0.4, 0.5) is 0 Å². The number of allylic oxidation sites excluding steroid dienone is 1. The summed E-state index contributed by atoms with van der Waals surface area (Å²) < 4.78 is 2.12. The normalized spacial score (nSPS) is 12.9. The maximum absolute atomic E-state index is 12.4. The van der Waals surface area contributed by atoms with Crippen molar-refractivity contribution in [1.29, 1.82) is 0 Å². The molecule has 5 heteroatoms. The van der Waals surface area contributed by atoms with E-state index in [0.29, 0.717) is 13.1 Å². The van der Waals surface area contributed by atoms with E-state index >= 15 is 0 Å². The molecule has 0 unspecified atom stereocenters. The van der Waals surface area contributed by atoms with Gasteiger partial charge in [0, 0.05) is 35.8 Å². The average Bonchev–Trinajstić information content (AvgIpc) is 3.43. The van der Waals surface area contributed by atoms with Crippen molar-refractivity contribution in [1.82, 2.24) is 9.47 Å². The third kappa shape index (κ3) is 6.63. The number of para-hydroxylation sites is 1. The maximum atomic E-state index is 12.4. The smallest absolute Gasteiger partial charge is 0.195 e. The second kappa shape index (κ2) is 12.0. The Kier molecular flexibility index (Phi) is 9.07. The molecule has 166 valence electrons. The van der Waals surface area contributed by atoms with Gasteiger partial charge in [-0.05, 0) is 55.6 Å². The highest BCUT2D eigenvalue weighted by molar-refractivity contribution is 7.12. The topological polar surface area (TPSA) is 45.5 Å². The summed E-state index contributed by atoms with van der Waals surface area (Å²) in [5.74, 6) is 0.0226. The van der Waals surface area contributed by atoms with Crippen LogP contribution in [0.15, 0.2) is 54.1 Å². The lowest BCUT2D eigenvalue weighted by Gasteiger charge is -2.25. The van der Waals surface area contributed by atoms with Crippen LogP contribution < -0.4 is 0 Å². The Morgan fingerprint density at radius 2 is 1.87 bits per heavy atom. The molecule has 0 saturated carbocycles. The Balaban J connectivity index is 1.73. The maximum Gasteiger partial charge on any atom is 0.195 e. The van der Waals surface area contributed by atoms with E-state index in [-0.39, 0.29) is 5.78 Å². The molecule has 3 aromatic rings. The number of aliphatic hydroxyl groups is 1. The summed E-state index contributed by atoms with van der Waals surface area (Å²) >= 11 is 1.46. The van der Waals surface area contributed by atoms with Gasteiger partial charge in [0.05, 0.1) is 11.0 Å². The summed E-state index contributed by atoms with van der Waals surface area (Å²) in [6, 6.07) is 11.9. The summed E-state index contributed by atoms with van der Waals surface area (Å²) in [7, 11) is 0. The lowest BCUT2D eigenvalue weighted by atomic mass is 10.1. The first-order valence-electron chi connectivity index (χ1n) is 11.4. The molecule has 3 rings (SSSR count). The summed E-state index contributed by atoms with van der Waals surface area (Å²) in [5, 5.41) is 13.9. The first-order valence-corrected chi connectivity index (χ1v) is 12.2. The molecule has 0 fully saturated rings. The number of hydrogen-bond acceptors (Lipinski definition) is 4. The molecule has 1 atom stereocenters. The summed E-state index contributed by atoms with van der Waals surface area (Å²) in [6.07, 6.45) is 9.81. The van der Waals surface area contributed by atoms with E-state index < -0.39 is 6.10 Å². The highest BCUT2D eigenvalue weighted by Gasteiger charge is 2.14. The van der Waals surface area contributed by atoms with E-state index in [1.165, 1.54) is 24.2 Å². The number of aliphatic hydroxyl groups excluding tert-OH is 1. The van der Waals surface area contributed by atoms with Crippen LogP contribution in [0.25, 0.3) is 17.0 Å². The molecular weight excluding hydrogens is 404 g/mol. The number of nitrogens with zero attached hydrogens (tertiary/aromatic N) is 2. The molecule has 1 N–H and O–H groups in total. The minimum atomic E-state index is -0.436. The molecule has 0 bridgehead atoms. The zero-order chi connectivity index (χ0) is 22.1. The first kappa shape index (κ1) is 23.5. The molecule has 0 amide bonds. The van der Waals surface area contributed by atoms with Crippen LogP contribution >= 0.6 is 11.3 Å². The standard InChI is InChI=1S/C26H34N2O2S/c1-3-5-15-27(16-6-4-2)19-22(29)20-28-18-21(23-10-7-8-11-24(23)28)13-14-25(30)26-12-9-17-31-26/h7-14,17-18,22,29H,3-6,15-16,19-20H2,1-2H3/b14-13-/t22-/m1/s1. The van der Waals surface area contributed by atoms with Crippen LogP contribution in [0, 0.1) is 0 Å². The van der Waals surface area contributed by atoms with Crippen LogP contribution in [-0.4, -0.2) is 46.1 Å². The minimum absolute atomic E-state index is 0.0226. The number of aromatic nitrogens is 1. The molecule has 0 aliphatic heterocycles. The molecule has 2 heterocycles. The van der Waals surface area contributed by atoms with Crippen molar-refractivity contribution in [2.24, 2.45) is 0 Å². The van der Waals surface area contributed by atoms with Gasteiger partial charge in [-0.3, -0.25) is 4.79 Å². The lowest BCUT2D eigenvalue weighted by Crippen LogP contribution is -2.36.